The van der Waals surface area contributed by atoms with Crippen LogP contribution in [-0.2, 0) is 15.8 Å². The molecule has 2 rings (SSSR count). The van der Waals surface area contributed by atoms with E-state index in [9.17, 15) is 8.42 Å². The molecule has 0 unspecified atom stereocenters. The van der Waals surface area contributed by atoms with Gasteiger partial charge in [-0.2, -0.15) is 0 Å². The molecule has 1 N–H and O–H groups in total. The first-order chi connectivity index (χ1) is 10.4. The first-order valence-corrected chi connectivity index (χ1v) is 8.82. The summed E-state index contributed by atoms with van der Waals surface area (Å²) in [7, 11) is -3.34. The molecule has 0 radical (unpaired) electrons. The van der Waals surface area contributed by atoms with E-state index in [-0.39, 0.29) is 12.3 Å². The van der Waals surface area contributed by atoms with Gasteiger partial charge in [-0.05, 0) is 31.5 Å². The molecule has 2 aromatic carbocycles. The molecule has 0 saturated heterocycles. The number of benzene rings is 2. The average Bonchev–Trinajstić information content (AvgIpc) is 2.48. The van der Waals surface area contributed by atoms with Crippen molar-refractivity contribution in [3.8, 4) is 5.75 Å². The van der Waals surface area contributed by atoms with Gasteiger partial charge >= 0.3 is 0 Å². The maximum Gasteiger partial charge on any atom is 0.215 e. The summed E-state index contributed by atoms with van der Waals surface area (Å²) < 4.78 is 32.0. The first-order valence-electron chi connectivity index (χ1n) is 7.17. The standard InChI is InChI=1S/C17H21NO3S/c1-14-3-7-16(8-4-14)13-22(19,20)18-11-12-21-17-9-5-15(2)6-10-17/h3-10,18H,11-13H2,1-2H3. The van der Waals surface area contributed by atoms with Crippen LogP contribution in [0.4, 0.5) is 0 Å². The molecule has 0 amide bonds. The van der Waals surface area contributed by atoms with Gasteiger partial charge in [0.05, 0.1) is 5.75 Å². The van der Waals surface area contributed by atoms with Gasteiger partial charge in [0.1, 0.15) is 12.4 Å². The summed E-state index contributed by atoms with van der Waals surface area (Å²) in [5.41, 5.74) is 3.05. The first kappa shape index (κ1) is 16.5. The van der Waals surface area contributed by atoms with Gasteiger partial charge in [-0.1, -0.05) is 47.5 Å². The van der Waals surface area contributed by atoms with Crippen LogP contribution in [0.3, 0.4) is 0 Å². The molecule has 0 aliphatic heterocycles. The minimum Gasteiger partial charge on any atom is -0.492 e. The fourth-order valence-electron chi connectivity index (χ4n) is 1.96. The highest BCUT2D eigenvalue weighted by Crippen LogP contribution is 2.11. The molecule has 5 heteroatoms. The van der Waals surface area contributed by atoms with Crippen molar-refractivity contribution >= 4 is 10.0 Å². The Hall–Kier alpha value is -1.85. The van der Waals surface area contributed by atoms with Crippen molar-refractivity contribution in [2.45, 2.75) is 19.6 Å². The van der Waals surface area contributed by atoms with E-state index in [4.69, 9.17) is 4.74 Å². The van der Waals surface area contributed by atoms with Gasteiger partial charge in [-0.3, -0.25) is 0 Å². The third-order valence-electron chi connectivity index (χ3n) is 3.19. The van der Waals surface area contributed by atoms with Gasteiger partial charge < -0.3 is 4.74 Å². The fourth-order valence-corrected chi connectivity index (χ4v) is 3.08. The molecule has 0 heterocycles. The number of nitrogens with one attached hydrogen (secondary N) is 1. The molecule has 0 atom stereocenters. The molecule has 0 saturated carbocycles. The number of hydrogen-bond acceptors (Lipinski definition) is 3. The topological polar surface area (TPSA) is 55.4 Å². The Kier molecular flexibility index (Phi) is 5.57. The van der Waals surface area contributed by atoms with Crippen molar-refractivity contribution in [3.63, 3.8) is 0 Å². The van der Waals surface area contributed by atoms with Crippen molar-refractivity contribution in [3.05, 3.63) is 65.2 Å². The third-order valence-corrected chi connectivity index (χ3v) is 4.55. The molecular weight excluding hydrogens is 298 g/mol. The monoisotopic (exact) mass is 319 g/mol. The second kappa shape index (κ2) is 7.42. The number of ether oxygens (including phenoxy) is 1. The summed E-state index contributed by atoms with van der Waals surface area (Å²) in [6.45, 7) is 4.53. The van der Waals surface area contributed by atoms with Crippen LogP contribution in [0.5, 0.6) is 5.75 Å². The van der Waals surface area contributed by atoms with E-state index in [1.165, 1.54) is 0 Å². The smallest absolute Gasteiger partial charge is 0.215 e. The molecule has 0 bridgehead atoms. The SMILES string of the molecule is Cc1ccc(CS(=O)(=O)NCCOc2ccc(C)cc2)cc1. The Morgan fingerprint density at radius 2 is 1.45 bits per heavy atom. The Morgan fingerprint density at radius 1 is 0.909 bits per heavy atom. The average molecular weight is 319 g/mol. The normalized spacial score (nSPS) is 11.4. The van der Waals surface area contributed by atoms with E-state index in [0.29, 0.717) is 6.61 Å². The molecule has 0 fully saturated rings. The van der Waals surface area contributed by atoms with Crippen LogP contribution in [0.1, 0.15) is 16.7 Å². The minimum atomic E-state index is -3.34. The van der Waals surface area contributed by atoms with Gasteiger partial charge in [-0.25, -0.2) is 13.1 Å². The van der Waals surface area contributed by atoms with Crippen LogP contribution in [0.15, 0.2) is 48.5 Å². The number of sulfonamides is 1. The van der Waals surface area contributed by atoms with E-state index in [0.717, 1.165) is 22.4 Å². The quantitative estimate of drug-likeness (QED) is 0.799. The second-order valence-electron chi connectivity index (χ2n) is 5.30. The Balaban J connectivity index is 1.77. The maximum absolute atomic E-state index is 12.0. The number of aryl methyl sites for hydroxylation is 2. The Labute approximate surface area is 132 Å². The summed E-state index contributed by atoms with van der Waals surface area (Å²) in [6.07, 6.45) is 0. The van der Waals surface area contributed by atoms with Crippen molar-refractivity contribution < 1.29 is 13.2 Å². The van der Waals surface area contributed by atoms with Crippen LogP contribution in [0, 0.1) is 13.8 Å². The van der Waals surface area contributed by atoms with Crippen molar-refractivity contribution in [2.75, 3.05) is 13.2 Å². The summed E-state index contributed by atoms with van der Waals surface area (Å²) in [5, 5.41) is 0. The predicted molar refractivity (Wildman–Crippen MR) is 88.5 cm³/mol. The highest BCUT2D eigenvalue weighted by molar-refractivity contribution is 7.88. The van der Waals surface area contributed by atoms with Gasteiger partial charge in [0.2, 0.25) is 10.0 Å². The summed E-state index contributed by atoms with van der Waals surface area (Å²) in [6, 6.07) is 15.1. The Bertz CT molecular complexity index is 692. The molecule has 4 nitrogen and oxygen atoms in total. The van der Waals surface area contributed by atoms with Gasteiger partial charge in [0.25, 0.3) is 0 Å². The largest absolute Gasteiger partial charge is 0.492 e. The van der Waals surface area contributed by atoms with E-state index in [2.05, 4.69) is 4.72 Å². The van der Waals surface area contributed by atoms with Crippen LogP contribution in [0.2, 0.25) is 0 Å². The molecule has 0 aliphatic rings. The summed E-state index contributed by atoms with van der Waals surface area (Å²) in [5.74, 6) is 0.723. The summed E-state index contributed by atoms with van der Waals surface area (Å²) >= 11 is 0. The zero-order valence-electron chi connectivity index (χ0n) is 12.9. The molecule has 2 aromatic rings. The summed E-state index contributed by atoms with van der Waals surface area (Å²) in [4.78, 5) is 0. The minimum absolute atomic E-state index is 0.0161. The maximum atomic E-state index is 12.0. The van der Waals surface area contributed by atoms with Crippen LogP contribution in [0.25, 0.3) is 0 Å². The Morgan fingerprint density at radius 3 is 2.05 bits per heavy atom. The van der Waals surface area contributed by atoms with Gasteiger partial charge in [0, 0.05) is 6.54 Å². The van der Waals surface area contributed by atoms with Gasteiger partial charge in [0.15, 0.2) is 0 Å². The van der Waals surface area contributed by atoms with Crippen molar-refractivity contribution in [1.29, 1.82) is 0 Å². The van der Waals surface area contributed by atoms with Crippen molar-refractivity contribution in [1.82, 2.24) is 4.72 Å². The lowest BCUT2D eigenvalue weighted by Crippen LogP contribution is -2.29. The lowest BCUT2D eigenvalue weighted by atomic mass is 10.2. The van der Waals surface area contributed by atoms with E-state index < -0.39 is 10.0 Å². The van der Waals surface area contributed by atoms with E-state index >= 15 is 0 Å². The van der Waals surface area contributed by atoms with Crippen LogP contribution >= 0.6 is 0 Å². The third kappa shape index (κ3) is 5.50. The molecule has 0 aromatic heterocycles. The lowest BCUT2D eigenvalue weighted by Gasteiger charge is -2.09. The fraction of sp³-hybridized carbons (Fsp3) is 0.294. The number of rotatable bonds is 7. The molecule has 118 valence electrons. The van der Waals surface area contributed by atoms with Crippen LogP contribution < -0.4 is 9.46 Å². The number of hydrogen-bond donors (Lipinski definition) is 1. The molecular formula is C17H21NO3S. The highest BCUT2D eigenvalue weighted by atomic mass is 32.2. The zero-order valence-corrected chi connectivity index (χ0v) is 13.7. The molecule has 0 aliphatic carbocycles. The zero-order chi connectivity index (χ0) is 16.0. The predicted octanol–water partition coefficient (Wildman–Crippen LogP) is 2.80. The molecule has 0 spiro atoms. The van der Waals surface area contributed by atoms with Gasteiger partial charge in [-0.15, -0.1) is 0 Å². The van der Waals surface area contributed by atoms with Crippen molar-refractivity contribution in [2.24, 2.45) is 0 Å². The van der Waals surface area contributed by atoms with E-state index in [1.807, 2.05) is 62.4 Å². The van der Waals surface area contributed by atoms with E-state index in [1.54, 1.807) is 0 Å². The lowest BCUT2D eigenvalue weighted by molar-refractivity contribution is 0.322. The molecule has 22 heavy (non-hydrogen) atoms. The highest BCUT2D eigenvalue weighted by Gasteiger charge is 2.10. The second-order valence-corrected chi connectivity index (χ2v) is 7.11. The van der Waals surface area contributed by atoms with Crippen LogP contribution in [-0.4, -0.2) is 21.6 Å².